The molecule has 0 bridgehead atoms. The monoisotopic (exact) mass is 320 g/mol. The van der Waals surface area contributed by atoms with Crippen LogP contribution in [0.25, 0.3) is 5.57 Å². The number of alkyl halides is 1. The molecular formula is C16H17BrS. The van der Waals surface area contributed by atoms with Gasteiger partial charge in [0.1, 0.15) is 0 Å². The van der Waals surface area contributed by atoms with Crippen LogP contribution in [0.4, 0.5) is 0 Å². The lowest BCUT2D eigenvalue weighted by molar-refractivity contribution is 1.26. The fraction of sp³-hybridized carbons (Fsp3) is 0.250. The zero-order chi connectivity index (χ0) is 13.0. The number of rotatable bonds is 4. The molecule has 0 aliphatic rings. The standard InChI is InChI=1S/C16H17BrS/c1-12-6-3-4-7-14(12)15(8-5-10-17)16-13(2)9-11-18-16/h3-4,6-9,11H,5,10H2,1-2H3/b15-8-. The highest BCUT2D eigenvalue weighted by Gasteiger charge is 2.10. The van der Waals surface area contributed by atoms with E-state index in [4.69, 9.17) is 0 Å². The van der Waals surface area contributed by atoms with Gasteiger partial charge in [-0.3, -0.25) is 0 Å². The average Bonchev–Trinajstić information content (AvgIpc) is 2.78. The molecule has 2 rings (SSSR count). The molecule has 18 heavy (non-hydrogen) atoms. The van der Waals surface area contributed by atoms with E-state index in [1.165, 1.54) is 27.1 Å². The normalized spacial score (nSPS) is 11.8. The number of thiophene rings is 1. The van der Waals surface area contributed by atoms with Gasteiger partial charge in [0, 0.05) is 10.2 Å². The molecule has 0 saturated heterocycles. The van der Waals surface area contributed by atoms with Crippen LogP contribution < -0.4 is 0 Å². The molecule has 94 valence electrons. The molecule has 0 aliphatic carbocycles. The smallest absolute Gasteiger partial charge is 0.0374 e. The highest BCUT2D eigenvalue weighted by Crippen LogP contribution is 2.32. The number of benzene rings is 1. The van der Waals surface area contributed by atoms with Gasteiger partial charge in [0.05, 0.1) is 0 Å². The Morgan fingerprint density at radius 2 is 1.94 bits per heavy atom. The number of allylic oxidation sites excluding steroid dienone is 1. The van der Waals surface area contributed by atoms with E-state index in [1.807, 2.05) is 11.3 Å². The van der Waals surface area contributed by atoms with E-state index in [1.54, 1.807) is 0 Å². The predicted molar refractivity (Wildman–Crippen MR) is 85.7 cm³/mol. The molecule has 0 atom stereocenters. The summed E-state index contributed by atoms with van der Waals surface area (Å²) in [6, 6.07) is 10.8. The molecule has 0 amide bonds. The van der Waals surface area contributed by atoms with E-state index in [0.29, 0.717) is 0 Å². The predicted octanol–water partition coefficient (Wildman–Crippen LogP) is 5.58. The molecule has 0 aliphatic heterocycles. The number of hydrogen-bond acceptors (Lipinski definition) is 1. The van der Waals surface area contributed by atoms with Crippen molar-refractivity contribution in [3.8, 4) is 0 Å². The summed E-state index contributed by atoms with van der Waals surface area (Å²) in [6.07, 6.45) is 3.40. The van der Waals surface area contributed by atoms with Crippen molar-refractivity contribution in [3.05, 3.63) is 63.4 Å². The van der Waals surface area contributed by atoms with E-state index < -0.39 is 0 Å². The summed E-state index contributed by atoms with van der Waals surface area (Å²) >= 11 is 5.34. The summed E-state index contributed by atoms with van der Waals surface area (Å²) < 4.78 is 0. The Morgan fingerprint density at radius 3 is 2.56 bits per heavy atom. The SMILES string of the molecule is Cc1ccccc1/C(=C/CCBr)c1sccc1C. The highest BCUT2D eigenvalue weighted by molar-refractivity contribution is 9.09. The minimum atomic E-state index is 1.01. The van der Waals surface area contributed by atoms with E-state index in [0.717, 1.165) is 11.8 Å². The summed E-state index contributed by atoms with van der Waals surface area (Å²) in [6.45, 7) is 4.37. The Morgan fingerprint density at radius 1 is 1.17 bits per heavy atom. The lowest BCUT2D eigenvalue weighted by Gasteiger charge is -2.10. The average molecular weight is 321 g/mol. The van der Waals surface area contributed by atoms with Crippen molar-refractivity contribution in [1.82, 2.24) is 0 Å². The summed E-state index contributed by atoms with van der Waals surface area (Å²) in [7, 11) is 0. The summed E-state index contributed by atoms with van der Waals surface area (Å²) in [5.41, 5.74) is 5.43. The summed E-state index contributed by atoms with van der Waals surface area (Å²) in [5.74, 6) is 0. The Kier molecular flexibility index (Phi) is 4.79. The molecule has 1 heterocycles. The van der Waals surface area contributed by atoms with Crippen molar-refractivity contribution >= 4 is 32.8 Å². The first-order chi connectivity index (χ1) is 8.74. The van der Waals surface area contributed by atoms with E-state index in [-0.39, 0.29) is 0 Å². The van der Waals surface area contributed by atoms with Crippen LogP contribution in [0.5, 0.6) is 0 Å². The van der Waals surface area contributed by atoms with Crippen LogP contribution >= 0.6 is 27.3 Å². The minimum absolute atomic E-state index is 1.01. The lowest BCUT2D eigenvalue weighted by Crippen LogP contribution is -1.91. The third kappa shape index (κ3) is 2.93. The fourth-order valence-electron chi connectivity index (χ4n) is 2.05. The minimum Gasteiger partial charge on any atom is -0.144 e. The fourth-order valence-corrected chi connectivity index (χ4v) is 3.26. The Bertz CT molecular complexity index is 552. The first-order valence-electron chi connectivity index (χ1n) is 6.10. The van der Waals surface area contributed by atoms with Crippen molar-refractivity contribution < 1.29 is 0 Å². The van der Waals surface area contributed by atoms with Crippen LogP contribution in [-0.4, -0.2) is 5.33 Å². The molecule has 0 radical (unpaired) electrons. The number of halogens is 1. The van der Waals surface area contributed by atoms with Gasteiger partial charge in [-0.2, -0.15) is 0 Å². The molecule has 0 unspecified atom stereocenters. The van der Waals surface area contributed by atoms with Crippen LogP contribution in [-0.2, 0) is 0 Å². The quantitative estimate of drug-likeness (QED) is 0.645. The lowest BCUT2D eigenvalue weighted by atomic mass is 9.97. The van der Waals surface area contributed by atoms with Crippen LogP contribution in [0.2, 0.25) is 0 Å². The van der Waals surface area contributed by atoms with Crippen molar-refractivity contribution in [1.29, 1.82) is 0 Å². The van der Waals surface area contributed by atoms with Crippen LogP contribution in [0, 0.1) is 13.8 Å². The van der Waals surface area contributed by atoms with Gasteiger partial charge in [-0.1, -0.05) is 46.3 Å². The van der Waals surface area contributed by atoms with Crippen molar-refractivity contribution in [3.63, 3.8) is 0 Å². The van der Waals surface area contributed by atoms with Gasteiger partial charge >= 0.3 is 0 Å². The van der Waals surface area contributed by atoms with Crippen LogP contribution in [0.15, 0.2) is 41.8 Å². The first kappa shape index (κ1) is 13.6. The first-order valence-corrected chi connectivity index (χ1v) is 8.10. The molecule has 0 fully saturated rings. The van der Waals surface area contributed by atoms with Gasteiger partial charge < -0.3 is 0 Å². The molecule has 1 aromatic heterocycles. The summed E-state index contributed by atoms with van der Waals surface area (Å²) in [5, 5.41) is 3.18. The van der Waals surface area contributed by atoms with Crippen LogP contribution in [0.3, 0.4) is 0 Å². The Balaban J connectivity index is 2.51. The molecule has 2 heteroatoms. The second-order valence-electron chi connectivity index (χ2n) is 4.34. The highest BCUT2D eigenvalue weighted by atomic mass is 79.9. The van der Waals surface area contributed by atoms with Gasteiger partial charge in [0.2, 0.25) is 0 Å². The van der Waals surface area contributed by atoms with E-state index >= 15 is 0 Å². The zero-order valence-corrected chi connectivity index (χ0v) is 13.1. The molecule has 1 aromatic carbocycles. The second kappa shape index (κ2) is 6.35. The largest absolute Gasteiger partial charge is 0.144 e. The molecule has 0 saturated carbocycles. The molecule has 0 N–H and O–H groups in total. The van der Waals surface area contributed by atoms with Gasteiger partial charge in [-0.05, 0) is 54.0 Å². The Labute approximate surface area is 121 Å². The van der Waals surface area contributed by atoms with Crippen LogP contribution in [0.1, 0.15) is 28.0 Å². The third-order valence-corrected chi connectivity index (χ3v) is 4.51. The number of hydrogen-bond donors (Lipinski definition) is 0. The second-order valence-corrected chi connectivity index (χ2v) is 6.05. The topological polar surface area (TPSA) is 0 Å². The molecule has 2 aromatic rings. The van der Waals surface area contributed by atoms with E-state index in [9.17, 15) is 0 Å². The third-order valence-electron chi connectivity index (χ3n) is 3.00. The van der Waals surface area contributed by atoms with Crippen molar-refractivity contribution in [2.24, 2.45) is 0 Å². The zero-order valence-electron chi connectivity index (χ0n) is 10.7. The maximum Gasteiger partial charge on any atom is 0.0374 e. The van der Waals surface area contributed by atoms with Crippen molar-refractivity contribution in [2.45, 2.75) is 20.3 Å². The Hall–Kier alpha value is -0.860. The van der Waals surface area contributed by atoms with Gasteiger partial charge in [-0.25, -0.2) is 0 Å². The summed E-state index contributed by atoms with van der Waals surface area (Å²) in [4.78, 5) is 1.39. The van der Waals surface area contributed by atoms with Gasteiger partial charge in [-0.15, -0.1) is 11.3 Å². The maximum absolute atomic E-state index is 3.51. The van der Waals surface area contributed by atoms with E-state index in [2.05, 4.69) is 71.6 Å². The maximum atomic E-state index is 3.51. The molecule has 0 spiro atoms. The number of aryl methyl sites for hydroxylation is 2. The molecular weight excluding hydrogens is 304 g/mol. The van der Waals surface area contributed by atoms with Crippen molar-refractivity contribution in [2.75, 3.05) is 5.33 Å². The molecule has 0 nitrogen and oxygen atoms in total. The van der Waals surface area contributed by atoms with Gasteiger partial charge in [0.15, 0.2) is 0 Å². The van der Waals surface area contributed by atoms with Gasteiger partial charge in [0.25, 0.3) is 0 Å².